The van der Waals surface area contributed by atoms with Gasteiger partial charge in [-0.25, -0.2) is 0 Å². The molecule has 29 heavy (non-hydrogen) atoms. The van der Waals surface area contributed by atoms with Gasteiger partial charge in [0.2, 0.25) is 5.56 Å². The zero-order valence-corrected chi connectivity index (χ0v) is 17.0. The van der Waals surface area contributed by atoms with Crippen molar-refractivity contribution in [3.05, 3.63) is 98.5 Å². The maximum absolute atomic E-state index is 12.0. The number of benzene rings is 1. The van der Waals surface area contributed by atoms with Crippen LogP contribution in [0.2, 0.25) is 0 Å². The third-order valence-electron chi connectivity index (χ3n) is 6.68. The van der Waals surface area contributed by atoms with Gasteiger partial charge < -0.3 is 4.98 Å². The van der Waals surface area contributed by atoms with Crippen LogP contribution in [0.5, 0.6) is 0 Å². The second kappa shape index (κ2) is 6.84. The van der Waals surface area contributed by atoms with Crippen molar-refractivity contribution >= 4 is 11.8 Å². The zero-order chi connectivity index (χ0) is 20.0. The van der Waals surface area contributed by atoms with Crippen molar-refractivity contribution in [3.63, 3.8) is 0 Å². The Kier molecular flexibility index (Phi) is 4.27. The molecule has 2 unspecified atom stereocenters. The van der Waals surface area contributed by atoms with E-state index >= 15 is 0 Å². The molecule has 0 radical (unpaired) electrons. The third kappa shape index (κ3) is 2.88. The van der Waals surface area contributed by atoms with E-state index in [1.54, 1.807) is 6.07 Å². The number of aromatic nitrogens is 1. The molecular weight excluding hydrogens is 356 g/mol. The molecule has 0 aliphatic heterocycles. The Morgan fingerprint density at radius 1 is 1.17 bits per heavy atom. The summed E-state index contributed by atoms with van der Waals surface area (Å²) in [6, 6.07) is 12.3. The number of aromatic amines is 1. The lowest BCUT2D eigenvalue weighted by Gasteiger charge is -2.45. The number of fused-ring (bicyclic) bond motifs is 5. The molecule has 0 saturated carbocycles. The van der Waals surface area contributed by atoms with Crippen LogP contribution in [0.3, 0.4) is 0 Å². The van der Waals surface area contributed by atoms with Gasteiger partial charge in [-0.2, -0.15) is 0 Å². The summed E-state index contributed by atoms with van der Waals surface area (Å²) in [6.45, 7) is 4.31. The van der Waals surface area contributed by atoms with Crippen LogP contribution in [0.4, 0.5) is 0 Å². The van der Waals surface area contributed by atoms with Crippen LogP contribution in [-0.4, -0.2) is 11.2 Å². The Bertz CT molecular complexity index is 1160. The fourth-order valence-corrected chi connectivity index (χ4v) is 5.54. The van der Waals surface area contributed by atoms with Crippen LogP contribution in [0.15, 0.2) is 75.6 Å². The first-order valence-electron chi connectivity index (χ1n) is 10.5. The zero-order valence-electron chi connectivity index (χ0n) is 17.0. The predicted octanol–water partition coefficient (Wildman–Crippen LogP) is 5.14. The molecule has 5 rings (SSSR count). The van der Waals surface area contributed by atoms with Crippen molar-refractivity contribution in [2.24, 2.45) is 10.9 Å². The third-order valence-corrected chi connectivity index (χ3v) is 6.68. The first-order chi connectivity index (χ1) is 14.1. The number of rotatable bonds is 2. The summed E-state index contributed by atoms with van der Waals surface area (Å²) in [7, 11) is 0. The highest BCUT2D eigenvalue weighted by Gasteiger charge is 2.46. The molecule has 3 aliphatic rings. The summed E-state index contributed by atoms with van der Waals surface area (Å²) in [4.78, 5) is 20.2. The van der Waals surface area contributed by atoms with Crippen molar-refractivity contribution in [1.29, 1.82) is 0 Å². The van der Waals surface area contributed by atoms with Gasteiger partial charge in [0.05, 0.1) is 0 Å². The van der Waals surface area contributed by atoms with E-state index in [2.05, 4.69) is 61.3 Å². The van der Waals surface area contributed by atoms with Crippen molar-refractivity contribution in [3.8, 4) is 0 Å². The largest absolute Gasteiger partial charge is 0.326 e. The monoisotopic (exact) mass is 382 g/mol. The van der Waals surface area contributed by atoms with E-state index in [0.717, 1.165) is 36.9 Å². The Balaban J connectivity index is 1.62. The minimum absolute atomic E-state index is 0.0322. The highest BCUT2D eigenvalue weighted by Crippen LogP contribution is 2.51. The van der Waals surface area contributed by atoms with Crippen molar-refractivity contribution in [2.75, 3.05) is 0 Å². The highest BCUT2D eigenvalue weighted by atomic mass is 16.1. The Hall–Kier alpha value is -2.94. The van der Waals surface area contributed by atoms with Crippen LogP contribution >= 0.6 is 0 Å². The summed E-state index contributed by atoms with van der Waals surface area (Å²) in [6.07, 6.45) is 12.7. The van der Waals surface area contributed by atoms with Crippen LogP contribution in [0.25, 0.3) is 5.57 Å². The van der Waals surface area contributed by atoms with Crippen molar-refractivity contribution < 1.29 is 0 Å². The lowest BCUT2D eigenvalue weighted by Crippen LogP contribution is -2.40. The topological polar surface area (TPSA) is 45.2 Å². The summed E-state index contributed by atoms with van der Waals surface area (Å²) in [5, 5.41) is 0. The maximum Gasteiger partial charge on any atom is 0.248 e. The fourth-order valence-electron chi connectivity index (χ4n) is 5.54. The number of allylic oxidation sites excluding steroid dienone is 4. The van der Waals surface area contributed by atoms with E-state index in [4.69, 9.17) is 4.99 Å². The van der Waals surface area contributed by atoms with Crippen molar-refractivity contribution in [1.82, 2.24) is 4.98 Å². The van der Waals surface area contributed by atoms with Gasteiger partial charge in [-0.3, -0.25) is 9.79 Å². The molecular formula is C26H26N2O. The number of aryl methyl sites for hydroxylation is 1. The van der Waals surface area contributed by atoms with E-state index in [0.29, 0.717) is 5.92 Å². The summed E-state index contributed by atoms with van der Waals surface area (Å²) >= 11 is 0. The quantitative estimate of drug-likeness (QED) is 0.567. The van der Waals surface area contributed by atoms with Gasteiger partial charge in [0, 0.05) is 35.9 Å². The van der Waals surface area contributed by atoms with Crippen molar-refractivity contribution in [2.45, 2.75) is 45.1 Å². The molecule has 0 amide bonds. The molecule has 0 fully saturated rings. The molecule has 146 valence electrons. The molecule has 3 aliphatic carbocycles. The number of H-pyrrole nitrogens is 1. The molecule has 1 N–H and O–H groups in total. The normalized spacial score (nSPS) is 27.9. The van der Waals surface area contributed by atoms with Gasteiger partial charge in [0.1, 0.15) is 5.54 Å². The van der Waals surface area contributed by atoms with Crippen LogP contribution < -0.4 is 5.56 Å². The van der Waals surface area contributed by atoms with Crippen LogP contribution in [0.1, 0.15) is 49.1 Å². The average Bonchev–Trinajstić information content (AvgIpc) is 3.10. The van der Waals surface area contributed by atoms with Gasteiger partial charge in [0.25, 0.3) is 0 Å². The standard InChI is InChI=1S/C26H26N2O/c1-3-22-20-14-17(2)16-26(22,23-10-11-25(29)28-24(23)15-20)27-13-12-19-9-8-18-6-4-5-7-21(18)19/h3-7,10-14,20H,8-9,15-16H2,1-2H3,(H,28,29)/b19-12-,22-3+,27-13+. The first kappa shape index (κ1) is 18.1. The summed E-state index contributed by atoms with van der Waals surface area (Å²) < 4.78 is 0. The number of pyridine rings is 1. The van der Waals surface area contributed by atoms with Crippen LogP contribution in [-0.2, 0) is 18.4 Å². The molecule has 3 nitrogen and oxygen atoms in total. The maximum atomic E-state index is 12.0. The fraction of sp³-hybridized carbons (Fsp3) is 0.308. The second-order valence-corrected chi connectivity index (χ2v) is 8.45. The van der Waals surface area contributed by atoms with E-state index in [1.807, 2.05) is 12.3 Å². The number of nitrogens with zero attached hydrogens (tertiary/aromatic N) is 1. The lowest BCUT2D eigenvalue weighted by atomic mass is 9.63. The predicted molar refractivity (Wildman–Crippen MR) is 119 cm³/mol. The van der Waals surface area contributed by atoms with E-state index in [9.17, 15) is 4.79 Å². The van der Waals surface area contributed by atoms with Gasteiger partial charge in [0.15, 0.2) is 0 Å². The van der Waals surface area contributed by atoms with Crippen LogP contribution in [0, 0.1) is 5.92 Å². The number of aliphatic imine (C=N–C) groups is 1. The minimum Gasteiger partial charge on any atom is -0.326 e. The highest BCUT2D eigenvalue weighted by molar-refractivity contribution is 5.87. The second-order valence-electron chi connectivity index (χ2n) is 8.45. The smallest absolute Gasteiger partial charge is 0.248 e. The lowest BCUT2D eigenvalue weighted by molar-refractivity contribution is 0.413. The molecule has 3 heteroatoms. The molecule has 0 spiro atoms. The summed E-state index contributed by atoms with van der Waals surface area (Å²) in [5.41, 5.74) is 8.60. The molecule has 2 aromatic rings. The van der Waals surface area contributed by atoms with Gasteiger partial charge in [-0.1, -0.05) is 42.0 Å². The number of hydrogen-bond acceptors (Lipinski definition) is 2. The van der Waals surface area contributed by atoms with E-state index in [-0.39, 0.29) is 5.56 Å². The van der Waals surface area contributed by atoms with Gasteiger partial charge in [-0.05, 0) is 67.5 Å². The Morgan fingerprint density at radius 3 is 2.90 bits per heavy atom. The average molecular weight is 383 g/mol. The summed E-state index contributed by atoms with van der Waals surface area (Å²) in [5.74, 6) is 0.302. The van der Waals surface area contributed by atoms with Gasteiger partial charge in [-0.15, -0.1) is 0 Å². The van der Waals surface area contributed by atoms with E-state index < -0.39 is 5.54 Å². The molecule has 1 heterocycles. The van der Waals surface area contributed by atoms with E-state index in [1.165, 1.54) is 27.8 Å². The first-order valence-corrected chi connectivity index (χ1v) is 10.5. The Morgan fingerprint density at radius 2 is 2.03 bits per heavy atom. The SMILES string of the molecule is C/C=C1\C2C=C(C)CC1(/N=C/C=C1/CCc3ccccc31)c1ccc(=O)[nH]c1C2. The van der Waals surface area contributed by atoms with Gasteiger partial charge >= 0.3 is 0 Å². The molecule has 2 atom stereocenters. The molecule has 1 aromatic carbocycles. The minimum atomic E-state index is -0.411. The molecule has 2 bridgehead atoms. The molecule has 1 aromatic heterocycles. The Labute approximate surface area is 171 Å². The number of nitrogens with one attached hydrogen (secondary N) is 1. The number of hydrogen-bond donors (Lipinski definition) is 1. The molecule has 0 saturated heterocycles.